The lowest BCUT2D eigenvalue weighted by molar-refractivity contribution is 0.0914. The average Bonchev–Trinajstić information content (AvgIpc) is 2.28. The van der Waals surface area contributed by atoms with Gasteiger partial charge in [-0.15, -0.1) is 0 Å². The molecule has 17 heavy (non-hydrogen) atoms. The minimum Gasteiger partial charge on any atom is -0.352 e. The molecule has 2 N–H and O–H groups in total. The number of rotatable bonds is 4. The van der Waals surface area contributed by atoms with Gasteiger partial charge in [-0.1, -0.05) is 12.1 Å². The van der Waals surface area contributed by atoms with Crippen LogP contribution in [0.25, 0.3) is 0 Å². The largest absolute Gasteiger partial charge is 0.352 e. The quantitative estimate of drug-likeness (QED) is 0.831. The zero-order valence-corrected chi connectivity index (χ0v) is 10.4. The summed E-state index contributed by atoms with van der Waals surface area (Å²) in [5.74, 6) is -0.441. The van der Waals surface area contributed by atoms with Crippen LogP contribution in [-0.4, -0.2) is 24.4 Å². The molecule has 92 valence electrons. The van der Waals surface area contributed by atoms with Crippen molar-refractivity contribution in [1.82, 2.24) is 10.6 Å². The van der Waals surface area contributed by atoms with Gasteiger partial charge in [-0.25, -0.2) is 0 Å². The molecule has 0 radical (unpaired) electrons. The van der Waals surface area contributed by atoms with Crippen LogP contribution >= 0.6 is 0 Å². The van der Waals surface area contributed by atoms with Crippen LogP contribution in [0.5, 0.6) is 0 Å². The SMILES string of the molecule is CCNC(=O)c1ccccc1C(=O)NC(C)C. The standard InChI is InChI=1S/C13H18N2O2/c1-4-14-12(16)10-7-5-6-8-11(10)13(17)15-9(2)3/h5-9H,4H2,1-3H3,(H,14,16)(H,15,17). The molecule has 0 fully saturated rings. The van der Waals surface area contributed by atoms with Gasteiger partial charge in [0, 0.05) is 12.6 Å². The third-order valence-corrected chi connectivity index (χ3v) is 2.17. The second-order valence-corrected chi connectivity index (χ2v) is 4.03. The smallest absolute Gasteiger partial charge is 0.252 e. The maximum Gasteiger partial charge on any atom is 0.252 e. The van der Waals surface area contributed by atoms with Crippen molar-refractivity contribution in [2.24, 2.45) is 0 Å². The van der Waals surface area contributed by atoms with E-state index in [1.165, 1.54) is 0 Å². The summed E-state index contributed by atoms with van der Waals surface area (Å²) in [6, 6.07) is 6.85. The number of benzene rings is 1. The van der Waals surface area contributed by atoms with Crippen LogP contribution in [0.4, 0.5) is 0 Å². The Hall–Kier alpha value is -1.84. The van der Waals surface area contributed by atoms with E-state index < -0.39 is 0 Å². The highest BCUT2D eigenvalue weighted by Crippen LogP contribution is 2.09. The Labute approximate surface area is 101 Å². The molecule has 0 heterocycles. The van der Waals surface area contributed by atoms with Crippen molar-refractivity contribution >= 4 is 11.8 Å². The molecule has 0 aliphatic carbocycles. The highest BCUT2D eigenvalue weighted by Gasteiger charge is 2.16. The molecule has 0 bridgehead atoms. The van der Waals surface area contributed by atoms with Gasteiger partial charge < -0.3 is 10.6 Å². The second kappa shape index (κ2) is 6.03. The molecule has 0 aliphatic rings. The van der Waals surface area contributed by atoms with E-state index in [-0.39, 0.29) is 17.9 Å². The molecule has 0 aromatic heterocycles. The van der Waals surface area contributed by atoms with Crippen molar-refractivity contribution in [3.05, 3.63) is 35.4 Å². The van der Waals surface area contributed by atoms with Crippen molar-refractivity contribution in [2.45, 2.75) is 26.8 Å². The van der Waals surface area contributed by atoms with Crippen molar-refractivity contribution < 1.29 is 9.59 Å². The Morgan fingerprint density at radius 3 is 2.12 bits per heavy atom. The third-order valence-electron chi connectivity index (χ3n) is 2.17. The van der Waals surface area contributed by atoms with Crippen LogP contribution in [0.15, 0.2) is 24.3 Å². The van der Waals surface area contributed by atoms with E-state index in [2.05, 4.69) is 10.6 Å². The fraction of sp³-hybridized carbons (Fsp3) is 0.385. The molecular formula is C13H18N2O2. The average molecular weight is 234 g/mol. The molecule has 1 rings (SSSR count). The zero-order valence-electron chi connectivity index (χ0n) is 10.4. The minimum absolute atomic E-state index is 0.0461. The van der Waals surface area contributed by atoms with Gasteiger partial charge in [0.2, 0.25) is 0 Å². The molecule has 1 aromatic carbocycles. The van der Waals surface area contributed by atoms with Crippen LogP contribution in [0.1, 0.15) is 41.5 Å². The maximum absolute atomic E-state index is 11.9. The number of hydrogen-bond acceptors (Lipinski definition) is 2. The van der Waals surface area contributed by atoms with Crippen molar-refractivity contribution in [3.8, 4) is 0 Å². The van der Waals surface area contributed by atoms with Gasteiger partial charge in [0.05, 0.1) is 11.1 Å². The van der Waals surface area contributed by atoms with E-state index in [9.17, 15) is 9.59 Å². The molecular weight excluding hydrogens is 216 g/mol. The van der Waals surface area contributed by atoms with Crippen LogP contribution in [0, 0.1) is 0 Å². The van der Waals surface area contributed by atoms with E-state index in [1.807, 2.05) is 20.8 Å². The zero-order chi connectivity index (χ0) is 12.8. The maximum atomic E-state index is 11.9. The molecule has 0 saturated carbocycles. The fourth-order valence-corrected chi connectivity index (χ4v) is 1.47. The molecule has 0 aliphatic heterocycles. The molecule has 0 saturated heterocycles. The monoisotopic (exact) mass is 234 g/mol. The predicted molar refractivity (Wildman–Crippen MR) is 67.1 cm³/mol. The lowest BCUT2D eigenvalue weighted by Gasteiger charge is -2.11. The van der Waals surface area contributed by atoms with Crippen molar-refractivity contribution in [2.75, 3.05) is 6.54 Å². The Balaban J connectivity index is 2.99. The molecule has 0 unspecified atom stereocenters. The summed E-state index contributed by atoms with van der Waals surface area (Å²) < 4.78 is 0. The van der Waals surface area contributed by atoms with Crippen molar-refractivity contribution in [1.29, 1.82) is 0 Å². The number of carbonyl (C=O) groups is 2. The van der Waals surface area contributed by atoms with Gasteiger partial charge in [-0.2, -0.15) is 0 Å². The van der Waals surface area contributed by atoms with E-state index >= 15 is 0 Å². The van der Waals surface area contributed by atoms with Gasteiger partial charge in [0.1, 0.15) is 0 Å². The summed E-state index contributed by atoms with van der Waals surface area (Å²) >= 11 is 0. The third kappa shape index (κ3) is 3.59. The Morgan fingerprint density at radius 1 is 1.12 bits per heavy atom. The Bertz CT molecular complexity index is 414. The molecule has 4 heteroatoms. The van der Waals surface area contributed by atoms with E-state index in [0.29, 0.717) is 17.7 Å². The van der Waals surface area contributed by atoms with Crippen LogP contribution < -0.4 is 10.6 Å². The number of amides is 2. The van der Waals surface area contributed by atoms with Crippen LogP contribution in [0.2, 0.25) is 0 Å². The topological polar surface area (TPSA) is 58.2 Å². The first-order valence-corrected chi connectivity index (χ1v) is 5.74. The lowest BCUT2D eigenvalue weighted by atomic mass is 10.1. The highest BCUT2D eigenvalue weighted by molar-refractivity contribution is 6.07. The predicted octanol–water partition coefficient (Wildman–Crippen LogP) is 1.57. The van der Waals surface area contributed by atoms with E-state index in [1.54, 1.807) is 24.3 Å². The summed E-state index contributed by atoms with van der Waals surface area (Å²) in [5, 5.41) is 5.47. The first kappa shape index (κ1) is 13.2. The summed E-state index contributed by atoms with van der Waals surface area (Å²) in [6.07, 6.45) is 0. The molecule has 1 aromatic rings. The molecule has 0 atom stereocenters. The van der Waals surface area contributed by atoms with Crippen LogP contribution in [0.3, 0.4) is 0 Å². The normalized spacial score (nSPS) is 10.1. The van der Waals surface area contributed by atoms with Gasteiger partial charge in [0.25, 0.3) is 11.8 Å². The molecule has 4 nitrogen and oxygen atoms in total. The summed E-state index contributed by atoms with van der Waals surface area (Å²) in [4.78, 5) is 23.7. The van der Waals surface area contributed by atoms with Gasteiger partial charge >= 0.3 is 0 Å². The van der Waals surface area contributed by atoms with E-state index in [0.717, 1.165) is 0 Å². The van der Waals surface area contributed by atoms with Crippen molar-refractivity contribution in [3.63, 3.8) is 0 Å². The number of nitrogens with one attached hydrogen (secondary N) is 2. The first-order valence-electron chi connectivity index (χ1n) is 5.74. The van der Waals surface area contributed by atoms with Gasteiger partial charge in [-0.05, 0) is 32.9 Å². The minimum atomic E-state index is -0.221. The first-order chi connectivity index (χ1) is 8.06. The van der Waals surface area contributed by atoms with E-state index in [4.69, 9.17) is 0 Å². The second-order valence-electron chi connectivity index (χ2n) is 4.03. The summed E-state index contributed by atoms with van der Waals surface area (Å²) in [7, 11) is 0. The number of hydrogen-bond donors (Lipinski definition) is 2. The molecule has 0 spiro atoms. The summed E-state index contributed by atoms with van der Waals surface area (Å²) in [6.45, 7) is 6.15. The van der Waals surface area contributed by atoms with Gasteiger partial charge in [0.15, 0.2) is 0 Å². The van der Waals surface area contributed by atoms with Crippen LogP contribution in [-0.2, 0) is 0 Å². The highest BCUT2D eigenvalue weighted by atomic mass is 16.2. The number of carbonyl (C=O) groups excluding carboxylic acids is 2. The fourth-order valence-electron chi connectivity index (χ4n) is 1.47. The van der Waals surface area contributed by atoms with Gasteiger partial charge in [-0.3, -0.25) is 9.59 Å². The summed E-state index contributed by atoms with van der Waals surface area (Å²) in [5.41, 5.74) is 0.819. The molecule has 2 amide bonds. The Morgan fingerprint density at radius 2 is 1.65 bits per heavy atom. The lowest BCUT2D eigenvalue weighted by Crippen LogP contribution is -2.33. The Kier molecular flexibility index (Phi) is 4.69.